The van der Waals surface area contributed by atoms with E-state index in [1.165, 1.54) is 0 Å². The number of benzene rings is 1. The number of carbonyl (C=O) groups excluding carboxylic acids is 1. The molecule has 66 valence electrons. The molecule has 0 bridgehead atoms. The second-order valence-corrected chi connectivity index (χ2v) is 3.82. The minimum atomic E-state index is -0.139. The molecule has 0 saturated heterocycles. The number of nitriles is 1. The van der Waals surface area contributed by atoms with E-state index in [1.807, 2.05) is 13.0 Å². The van der Waals surface area contributed by atoms with Crippen molar-refractivity contribution >= 4 is 28.9 Å². The summed E-state index contributed by atoms with van der Waals surface area (Å²) in [5.41, 5.74) is 1.56. The molecular formula is C10H8INO. The van der Waals surface area contributed by atoms with Crippen LogP contribution in [0.5, 0.6) is 0 Å². The van der Waals surface area contributed by atoms with Crippen LogP contribution in [0.3, 0.4) is 0 Å². The fraction of sp³-hybridized carbons (Fsp3) is 0.200. The van der Waals surface area contributed by atoms with Crippen LogP contribution in [0, 0.1) is 14.9 Å². The van der Waals surface area contributed by atoms with Gasteiger partial charge in [0.2, 0.25) is 0 Å². The minimum Gasteiger partial charge on any atom is -0.303 e. The Morgan fingerprint density at radius 1 is 1.62 bits per heavy atom. The Kier molecular flexibility index (Phi) is 3.43. The lowest BCUT2D eigenvalue weighted by molar-refractivity contribution is -0.108. The van der Waals surface area contributed by atoms with E-state index in [-0.39, 0.29) is 5.92 Å². The molecule has 1 aromatic carbocycles. The summed E-state index contributed by atoms with van der Waals surface area (Å²) in [7, 11) is 0. The average molecular weight is 285 g/mol. The van der Waals surface area contributed by atoms with E-state index in [0.29, 0.717) is 5.56 Å². The number of rotatable bonds is 2. The number of halogens is 1. The highest BCUT2D eigenvalue weighted by Gasteiger charge is 2.10. The van der Waals surface area contributed by atoms with Gasteiger partial charge in [-0.15, -0.1) is 0 Å². The Hall–Kier alpha value is -0.890. The molecule has 0 aliphatic heterocycles. The van der Waals surface area contributed by atoms with Crippen molar-refractivity contribution in [2.24, 2.45) is 0 Å². The molecular weight excluding hydrogens is 277 g/mol. The zero-order chi connectivity index (χ0) is 9.84. The van der Waals surface area contributed by atoms with Gasteiger partial charge in [-0.25, -0.2) is 0 Å². The average Bonchev–Trinajstić information content (AvgIpc) is 2.17. The monoisotopic (exact) mass is 285 g/mol. The van der Waals surface area contributed by atoms with Gasteiger partial charge in [-0.1, -0.05) is 19.1 Å². The first-order valence-electron chi connectivity index (χ1n) is 3.84. The van der Waals surface area contributed by atoms with Gasteiger partial charge in [0.1, 0.15) is 12.4 Å². The first-order valence-corrected chi connectivity index (χ1v) is 4.92. The molecule has 0 N–H and O–H groups in total. The van der Waals surface area contributed by atoms with Crippen LogP contribution < -0.4 is 0 Å². The molecule has 0 heterocycles. The zero-order valence-corrected chi connectivity index (χ0v) is 9.28. The van der Waals surface area contributed by atoms with Crippen LogP contribution in [0.25, 0.3) is 0 Å². The zero-order valence-electron chi connectivity index (χ0n) is 7.12. The minimum absolute atomic E-state index is 0.139. The second-order valence-electron chi connectivity index (χ2n) is 2.75. The summed E-state index contributed by atoms with van der Waals surface area (Å²) in [6.45, 7) is 1.83. The van der Waals surface area contributed by atoms with Crippen molar-refractivity contribution in [3.8, 4) is 6.07 Å². The van der Waals surface area contributed by atoms with E-state index in [4.69, 9.17) is 5.26 Å². The van der Waals surface area contributed by atoms with Gasteiger partial charge in [-0.3, -0.25) is 0 Å². The summed E-state index contributed by atoms with van der Waals surface area (Å²) in [6, 6.07) is 7.52. The van der Waals surface area contributed by atoms with Crippen LogP contribution in [0.4, 0.5) is 0 Å². The van der Waals surface area contributed by atoms with E-state index >= 15 is 0 Å². The Balaban J connectivity index is 3.25. The normalized spacial score (nSPS) is 11.8. The molecule has 3 heteroatoms. The van der Waals surface area contributed by atoms with Crippen LogP contribution in [0.2, 0.25) is 0 Å². The second kappa shape index (κ2) is 4.38. The van der Waals surface area contributed by atoms with Gasteiger partial charge in [0.05, 0.1) is 5.56 Å². The highest BCUT2D eigenvalue weighted by Crippen LogP contribution is 2.22. The summed E-state index contributed by atoms with van der Waals surface area (Å²) in [5, 5.41) is 8.75. The number of carbonyl (C=O) groups is 1. The molecule has 1 aromatic rings. The van der Waals surface area contributed by atoms with Gasteiger partial charge in [0, 0.05) is 9.49 Å². The van der Waals surface area contributed by atoms with Crippen LogP contribution in [-0.2, 0) is 4.79 Å². The molecule has 0 aliphatic carbocycles. The maximum absolute atomic E-state index is 10.6. The van der Waals surface area contributed by atoms with Crippen molar-refractivity contribution in [3.05, 3.63) is 32.9 Å². The predicted molar refractivity (Wildman–Crippen MR) is 58.4 cm³/mol. The van der Waals surface area contributed by atoms with E-state index in [0.717, 1.165) is 15.4 Å². The third kappa shape index (κ3) is 2.07. The Bertz CT molecular complexity index is 368. The van der Waals surface area contributed by atoms with Gasteiger partial charge in [-0.05, 0) is 34.2 Å². The Morgan fingerprint density at radius 3 is 2.85 bits per heavy atom. The molecule has 1 rings (SSSR count). The maximum atomic E-state index is 10.6. The first-order chi connectivity index (χ1) is 6.20. The molecule has 1 unspecified atom stereocenters. The predicted octanol–water partition coefficient (Wildman–Crippen LogP) is 2.47. The number of nitrogens with zero attached hydrogens (tertiary/aromatic N) is 1. The summed E-state index contributed by atoms with van der Waals surface area (Å²) >= 11 is 2.10. The largest absolute Gasteiger partial charge is 0.303 e. The topological polar surface area (TPSA) is 40.9 Å². The van der Waals surface area contributed by atoms with Crippen molar-refractivity contribution in [3.63, 3.8) is 0 Å². The molecule has 0 radical (unpaired) electrons. The van der Waals surface area contributed by atoms with Crippen LogP contribution in [-0.4, -0.2) is 6.29 Å². The van der Waals surface area contributed by atoms with Gasteiger partial charge in [0.15, 0.2) is 0 Å². The lowest BCUT2D eigenvalue weighted by Gasteiger charge is -2.07. The van der Waals surface area contributed by atoms with Crippen molar-refractivity contribution in [2.45, 2.75) is 12.8 Å². The molecule has 0 fully saturated rings. The fourth-order valence-corrected chi connectivity index (χ4v) is 2.03. The van der Waals surface area contributed by atoms with E-state index in [2.05, 4.69) is 28.7 Å². The number of aldehydes is 1. The quantitative estimate of drug-likeness (QED) is 0.618. The molecule has 1 atom stereocenters. The highest BCUT2D eigenvalue weighted by molar-refractivity contribution is 14.1. The summed E-state index contributed by atoms with van der Waals surface area (Å²) < 4.78 is 0.877. The summed E-state index contributed by atoms with van der Waals surface area (Å²) in [6.07, 6.45) is 0.888. The molecule has 13 heavy (non-hydrogen) atoms. The third-order valence-electron chi connectivity index (χ3n) is 1.84. The maximum Gasteiger partial charge on any atom is 0.127 e. The molecule has 2 nitrogen and oxygen atoms in total. The van der Waals surface area contributed by atoms with Crippen LogP contribution in [0.1, 0.15) is 24.0 Å². The Labute approximate surface area is 90.7 Å². The van der Waals surface area contributed by atoms with Gasteiger partial charge >= 0.3 is 0 Å². The van der Waals surface area contributed by atoms with Gasteiger partial charge in [-0.2, -0.15) is 5.26 Å². The number of hydrogen-bond donors (Lipinski definition) is 0. The first kappa shape index (κ1) is 10.2. The Morgan fingerprint density at radius 2 is 2.31 bits per heavy atom. The van der Waals surface area contributed by atoms with Crippen molar-refractivity contribution in [1.29, 1.82) is 5.26 Å². The third-order valence-corrected chi connectivity index (χ3v) is 3.05. The summed E-state index contributed by atoms with van der Waals surface area (Å²) in [4.78, 5) is 10.6. The van der Waals surface area contributed by atoms with Crippen molar-refractivity contribution < 1.29 is 4.79 Å². The lowest BCUT2D eigenvalue weighted by Crippen LogP contribution is -1.99. The van der Waals surface area contributed by atoms with Crippen LogP contribution >= 0.6 is 22.6 Å². The fourth-order valence-electron chi connectivity index (χ4n) is 1.06. The van der Waals surface area contributed by atoms with Gasteiger partial charge in [0.25, 0.3) is 0 Å². The SMILES string of the molecule is CC(C=O)c1cccc(C#N)c1I. The molecule has 0 spiro atoms. The highest BCUT2D eigenvalue weighted by atomic mass is 127. The smallest absolute Gasteiger partial charge is 0.127 e. The molecule has 0 amide bonds. The number of hydrogen-bond acceptors (Lipinski definition) is 2. The van der Waals surface area contributed by atoms with Crippen molar-refractivity contribution in [1.82, 2.24) is 0 Å². The van der Waals surface area contributed by atoms with Crippen molar-refractivity contribution in [2.75, 3.05) is 0 Å². The lowest BCUT2D eigenvalue weighted by atomic mass is 10.0. The van der Waals surface area contributed by atoms with E-state index in [1.54, 1.807) is 12.1 Å². The van der Waals surface area contributed by atoms with Gasteiger partial charge < -0.3 is 4.79 Å². The van der Waals surface area contributed by atoms with E-state index < -0.39 is 0 Å². The standard InChI is InChI=1S/C10H8INO/c1-7(6-13)9-4-2-3-8(5-12)10(9)11/h2-4,6-7H,1H3. The van der Waals surface area contributed by atoms with Crippen LogP contribution in [0.15, 0.2) is 18.2 Å². The molecule has 0 aromatic heterocycles. The van der Waals surface area contributed by atoms with E-state index in [9.17, 15) is 4.79 Å². The summed E-state index contributed by atoms with van der Waals surface area (Å²) in [5.74, 6) is -0.139. The molecule has 0 aliphatic rings. The molecule has 0 saturated carbocycles.